The standard InChI is InChI=1S/C20H14BrN3O2/c1-12-23-18-9-5-4-8-16(18)20(26)24(12)22-11-13-10-17(21)14-6-2-3-7-15(14)19(13)25/h2-11,25H,1H3. The van der Waals surface area contributed by atoms with Crippen LogP contribution in [0.1, 0.15) is 11.4 Å². The fourth-order valence-electron chi connectivity index (χ4n) is 2.93. The number of nitrogens with zero attached hydrogens (tertiary/aromatic N) is 3. The second-order valence-corrected chi connectivity index (χ2v) is 6.73. The molecule has 3 aromatic carbocycles. The van der Waals surface area contributed by atoms with Gasteiger partial charge in [0.25, 0.3) is 5.56 Å². The number of aryl methyl sites for hydroxylation is 1. The topological polar surface area (TPSA) is 67.5 Å². The third kappa shape index (κ3) is 2.68. The minimum atomic E-state index is -0.247. The summed E-state index contributed by atoms with van der Waals surface area (Å²) in [5.41, 5.74) is 0.900. The predicted molar refractivity (Wildman–Crippen MR) is 107 cm³/mol. The van der Waals surface area contributed by atoms with E-state index in [-0.39, 0.29) is 11.3 Å². The van der Waals surface area contributed by atoms with Gasteiger partial charge in [-0.15, -0.1) is 0 Å². The van der Waals surface area contributed by atoms with Crippen LogP contribution in [0.3, 0.4) is 0 Å². The van der Waals surface area contributed by atoms with E-state index in [1.165, 1.54) is 10.9 Å². The quantitative estimate of drug-likeness (QED) is 0.506. The highest BCUT2D eigenvalue weighted by Gasteiger charge is 2.10. The van der Waals surface area contributed by atoms with Crippen LogP contribution in [-0.4, -0.2) is 21.0 Å². The van der Waals surface area contributed by atoms with E-state index in [0.29, 0.717) is 27.7 Å². The lowest BCUT2D eigenvalue weighted by Crippen LogP contribution is -2.20. The zero-order valence-corrected chi connectivity index (χ0v) is 15.4. The highest BCUT2D eigenvalue weighted by Crippen LogP contribution is 2.33. The number of para-hydroxylation sites is 1. The zero-order chi connectivity index (χ0) is 18.3. The van der Waals surface area contributed by atoms with E-state index in [1.54, 1.807) is 31.2 Å². The molecule has 5 nitrogen and oxygen atoms in total. The van der Waals surface area contributed by atoms with Crippen molar-refractivity contribution in [2.45, 2.75) is 6.92 Å². The van der Waals surface area contributed by atoms with E-state index in [0.717, 1.165) is 9.86 Å². The van der Waals surface area contributed by atoms with Crippen molar-refractivity contribution in [3.63, 3.8) is 0 Å². The molecule has 0 saturated carbocycles. The molecule has 26 heavy (non-hydrogen) atoms. The molecule has 0 unspecified atom stereocenters. The van der Waals surface area contributed by atoms with Gasteiger partial charge in [0.1, 0.15) is 11.6 Å². The second kappa shape index (κ2) is 6.38. The minimum absolute atomic E-state index is 0.118. The molecule has 0 bridgehead atoms. The number of aromatic hydroxyl groups is 1. The second-order valence-electron chi connectivity index (χ2n) is 5.88. The van der Waals surface area contributed by atoms with Gasteiger partial charge in [-0.3, -0.25) is 4.79 Å². The number of rotatable bonds is 2. The lowest BCUT2D eigenvalue weighted by Gasteiger charge is -2.08. The first-order chi connectivity index (χ1) is 12.6. The Morgan fingerprint density at radius 3 is 2.50 bits per heavy atom. The van der Waals surface area contributed by atoms with Crippen LogP contribution in [0.2, 0.25) is 0 Å². The molecule has 4 rings (SSSR count). The molecule has 1 heterocycles. The van der Waals surface area contributed by atoms with E-state index < -0.39 is 0 Å². The summed E-state index contributed by atoms with van der Waals surface area (Å²) in [5.74, 6) is 0.594. The predicted octanol–water partition coefficient (Wildman–Crippen LogP) is 4.21. The maximum Gasteiger partial charge on any atom is 0.282 e. The first-order valence-corrected chi connectivity index (χ1v) is 8.78. The van der Waals surface area contributed by atoms with Gasteiger partial charge in [-0.05, 0) is 30.5 Å². The number of fused-ring (bicyclic) bond motifs is 2. The summed E-state index contributed by atoms with van der Waals surface area (Å²) in [4.78, 5) is 17.1. The Balaban J connectivity index is 1.87. The van der Waals surface area contributed by atoms with Gasteiger partial charge in [0, 0.05) is 15.4 Å². The molecule has 0 fully saturated rings. The van der Waals surface area contributed by atoms with Crippen LogP contribution < -0.4 is 5.56 Å². The Morgan fingerprint density at radius 1 is 1.08 bits per heavy atom. The molecule has 128 valence electrons. The number of hydrogen-bond donors (Lipinski definition) is 1. The van der Waals surface area contributed by atoms with Crippen molar-refractivity contribution in [3.8, 4) is 5.75 Å². The molecule has 0 spiro atoms. The lowest BCUT2D eigenvalue weighted by atomic mass is 10.1. The fraction of sp³-hybridized carbons (Fsp3) is 0.0500. The van der Waals surface area contributed by atoms with E-state index in [9.17, 15) is 9.90 Å². The SMILES string of the molecule is Cc1nc2ccccc2c(=O)n1N=Cc1cc(Br)c2ccccc2c1O. The number of phenolic OH excluding ortho intramolecular Hbond substituents is 1. The van der Waals surface area contributed by atoms with Crippen molar-refractivity contribution in [1.82, 2.24) is 9.66 Å². The van der Waals surface area contributed by atoms with E-state index in [4.69, 9.17) is 0 Å². The summed E-state index contributed by atoms with van der Waals surface area (Å²) < 4.78 is 2.08. The third-order valence-electron chi connectivity index (χ3n) is 4.22. The molecule has 4 aromatic rings. The Bertz CT molecular complexity index is 1250. The van der Waals surface area contributed by atoms with Gasteiger partial charge in [-0.2, -0.15) is 9.78 Å². The maximum absolute atomic E-state index is 12.7. The first kappa shape index (κ1) is 16.5. The molecule has 0 aliphatic carbocycles. The largest absolute Gasteiger partial charge is 0.507 e. The number of hydrogen-bond acceptors (Lipinski definition) is 4. The average Bonchev–Trinajstić information content (AvgIpc) is 2.65. The van der Waals surface area contributed by atoms with E-state index in [1.807, 2.05) is 30.3 Å². The molecular formula is C20H14BrN3O2. The summed E-state index contributed by atoms with van der Waals surface area (Å²) in [6, 6.07) is 16.4. The summed E-state index contributed by atoms with van der Waals surface area (Å²) in [6.45, 7) is 1.72. The van der Waals surface area contributed by atoms with Gasteiger partial charge >= 0.3 is 0 Å². The Morgan fingerprint density at radius 2 is 1.73 bits per heavy atom. The van der Waals surface area contributed by atoms with Crippen LogP contribution in [0.4, 0.5) is 0 Å². The molecule has 6 heteroatoms. The van der Waals surface area contributed by atoms with Gasteiger partial charge in [-0.25, -0.2) is 4.98 Å². The molecule has 0 aliphatic rings. The number of phenols is 1. The Hall–Kier alpha value is -2.99. The van der Waals surface area contributed by atoms with Crippen LogP contribution in [0.25, 0.3) is 21.7 Å². The van der Waals surface area contributed by atoms with Crippen LogP contribution in [0.5, 0.6) is 5.75 Å². The molecule has 0 atom stereocenters. The van der Waals surface area contributed by atoms with E-state index >= 15 is 0 Å². The zero-order valence-electron chi connectivity index (χ0n) is 13.8. The van der Waals surface area contributed by atoms with Crippen molar-refractivity contribution in [1.29, 1.82) is 0 Å². The number of aromatic nitrogens is 2. The van der Waals surface area contributed by atoms with E-state index in [2.05, 4.69) is 26.0 Å². The van der Waals surface area contributed by atoms with Crippen LogP contribution in [0, 0.1) is 6.92 Å². The first-order valence-electron chi connectivity index (χ1n) is 7.99. The van der Waals surface area contributed by atoms with Gasteiger partial charge < -0.3 is 5.11 Å². The minimum Gasteiger partial charge on any atom is -0.507 e. The third-order valence-corrected chi connectivity index (χ3v) is 4.88. The van der Waals surface area contributed by atoms with Crippen LogP contribution >= 0.6 is 15.9 Å². The van der Waals surface area contributed by atoms with Gasteiger partial charge in [0.05, 0.1) is 17.1 Å². The van der Waals surface area contributed by atoms with Crippen molar-refractivity contribution in [2.24, 2.45) is 5.10 Å². The summed E-state index contributed by atoms with van der Waals surface area (Å²) in [6.07, 6.45) is 1.47. The van der Waals surface area contributed by atoms with Crippen molar-refractivity contribution in [2.75, 3.05) is 0 Å². The highest BCUT2D eigenvalue weighted by atomic mass is 79.9. The summed E-state index contributed by atoms with van der Waals surface area (Å²) in [5, 5.41) is 16.9. The monoisotopic (exact) mass is 407 g/mol. The molecule has 1 N–H and O–H groups in total. The van der Waals surface area contributed by atoms with Crippen LogP contribution in [-0.2, 0) is 0 Å². The smallest absolute Gasteiger partial charge is 0.282 e. The van der Waals surface area contributed by atoms with Crippen molar-refractivity contribution >= 4 is 43.8 Å². The molecule has 1 aromatic heterocycles. The lowest BCUT2D eigenvalue weighted by molar-refractivity contribution is 0.480. The molecule has 0 aliphatic heterocycles. The van der Waals surface area contributed by atoms with Crippen LogP contribution in [0.15, 0.2) is 69.0 Å². The summed E-state index contributed by atoms with van der Waals surface area (Å²) in [7, 11) is 0. The fourth-order valence-corrected chi connectivity index (χ4v) is 3.52. The summed E-state index contributed by atoms with van der Waals surface area (Å²) >= 11 is 3.52. The average molecular weight is 408 g/mol. The molecule has 0 saturated heterocycles. The normalized spacial score (nSPS) is 11.6. The van der Waals surface area contributed by atoms with Crippen molar-refractivity contribution < 1.29 is 5.11 Å². The Labute approximate surface area is 157 Å². The molecular weight excluding hydrogens is 394 g/mol. The number of benzene rings is 3. The maximum atomic E-state index is 12.7. The highest BCUT2D eigenvalue weighted by molar-refractivity contribution is 9.10. The molecule has 0 amide bonds. The van der Waals surface area contributed by atoms with Crippen molar-refractivity contribution in [3.05, 3.63) is 80.8 Å². The van der Waals surface area contributed by atoms with Gasteiger partial charge in [0.15, 0.2) is 0 Å². The Kier molecular flexibility index (Phi) is 4.05. The van der Waals surface area contributed by atoms with Gasteiger partial charge in [-0.1, -0.05) is 52.3 Å². The van der Waals surface area contributed by atoms with Gasteiger partial charge in [0.2, 0.25) is 0 Å². The number of halogens is 1. The molecule has 0 radical (unpaired) electrons.